The zero-order valence-corrected chi connectivity index (χ0v) is 24.0. The lowest BCUT2D eigenvalue weighted by Gasteiger charge is -2.24. The Morgan fingerprint density at radius 3 is 2.38 bits per heavy atom. The van der Waals surface area contributed by atoms with Gasteiger partial charge in [0.2, 0.25) is 17.7 Å². The van der Waals surface area contributed by atoms with Crippen LogP contribution < -0.4 is 33.6 Å². The molecule has 0 saturated heterocycles. The SMILES string of the molecule is Cc1cc(O)cc(C)c1CC(NC(=O)C(N)CCN=C(N)N)C(=O)N[C@@H](CCCN)c1nc(Cc2ccccc2)no1. The number of phenols is 1. The number of amides is 2. The Labute approximate surface area is 245 Å². The van der Waals surface area contributed by atoms with Gasteiger partial charge in [0.1, 0.15) is 17.8 Å². The van der Waals surface area contributed by atoms with Crippen molar-refractivity contribution in [2.45, 2.75) is 64.1 Å². The third-order valence-electron chi connectivity index (χ3n) is 6.79. The summed E-state index contributed by atoms with van der Waals surface area (Å²) in [6.45, 7) is 4.22. The summed E-state index contributed by atoms with van der Waals surface area (Å²) < 4.78 is 5.54. The van der Waals surface area contributed by atoms with Crippen LogP contribution in [0.4, 0.5) is 0 Å². The van der Waals surface area contributed by atoms with E-state index < -0.39 is 29.9 Å². The summed E-state index contributed by atoms with van der Waals surface area (Å²) >= 11 is 0. The van der Waals surface area contributed by atoms with E-state index in [0.717, 1.165) is 22.3 Å². The van der Waals surface area contributed by atoms with Gasteiger partial charge in [-0.3, -0.25) is 14.6 Å². The van der Waals surface area contributed by atoms with E-state index >= 15 is 0 Å². The van der Waals surface area contributed by atoms with Gasteiger partial charge in [-0.2, -0.15) is 4.98 Å². The Morgan fingerprint density at radius 1 is 1.05 bits per heavy atom. The van der Waals surface area contributed by atoms with Crippen molar-refractivity contribution in [1.82, 2.24) is 20.8 Å². The summed E-state index contributed by atoms with van der Waals surface area (Å²) in [5, 5.41) is 19.8. The highest BCUT2D eigenvalue weighted by atomic mass is 16.5. The zero-order chi connectivity index (χ0) is 30.6. The molecule has 0 spiro atoms. The zero-order valence-electron chi connectivity index (χ0n) is 24.0. The highest BCUT2D eigenvalue weighted by molar-refractivity contribution is 5.90. The molecule has 0 radical (unpaired) electrons. The van der Waals surface area contributed by atoms with Crippen LogP contribution in [0.3, 0.4) is 0 Å². The van der Waals surface area contributed by atoms with Crippen molar-refractivity contribution in [3.63, 3.8) is 0 Å². The molecular formula is C29H41N9O4. The van der Waals surface area contributed by atoms with Crippen LogP contribution >= 0.6 is 0 Å². The third-order valence-corrected chi connectivity index (χ3v) is 6.79. The first-order valence-corrected chi connectivity index (χ1v) is 13.8. The highest BCUT2D eigenvalue weighted by Gasteiger charge is 2.29. The molecule has 0 aliphatic heterocycles. The summed E-state index contributed by atoms with van der Waals surface area (Å²) in [6.07, 6.45) is 1.84. The molecule has 2 amide bonds. The molecule has 226 valence electrons. The summed E-state index contributed by atoms with van der Waals surface area (Å²) in [5.74, 6) is -0.249. The van der Waals surface area contributed by atoms with E-state index in [1.807, 2.05) is 44.2 Å². The molecule has 3 atom stereocenters. The molecule has 0 fully saturated rings. The van der Waals surface area contributed by atoms with Gasteiger partial charge in [0.05, 0.1) is 6.04 Å². The maximum absolute atomic E-state index is 13.8. The van der Waals surface area contributed by atoms with Crippen LogP contribution in [-0.4, -0.2) is 58.2 Å². The molecule has 0 aliphatic carbocycles. The molecule has 1 aromatic heterocycles. The van der Waals surface area contributed by atoms with Crippen LogP contribution in [-0.2, 0) is 22.4 Å². The lowest BCUT2D eigenvalue weighted by atomic mass is 9.95. The van der Waals surface area contributed by atoms with Crippen molar-refractivity contribution in [2.75, 3.05) is 13.1 Å². The number of aromatic nitrogens is 2. The molecule has 0 aliphatic rings. The molecule has 13 heteroatoms. The number of phenolic OH excluding ortho intramolecular Hbond substituents is 1. The monoisotopic (exact) mass is 579 g/mol. The molecule has 3 aromatic rings. The number of nitrogens with zero attached hydrogens (tertiary/aromatic N) is 3. The van der Waals surface area contributed by atoms with Crippen LogP contribution in [0, 0.1) is 13.8 Å². The van der Waals surface area contributed by atoms with Crippen molar-refractivity contribution < 1.29 is 19.2 Å². The Kier molecular flexibility index (Phi) is 11.8. The first-order chi connectivity index (χ1) is 20.1. The van der Waals surface area contributed by atoms with Crippen LogP contribution in [0.15, 0.2) is 52.0 Å². The standard InChI is InChI=1S/C29H41N9O4/c1-17-13-20(39)14-18(2)21(17)16-24(36-26(40)22(31)10-12-34-29(32)33)27(41)35-23(9-6-11-30)28-37-25(38-42-28)15-19-7-4-3-5-8-19/h3-5,7-8,13-14,22-24,39H,6,9-12,15-16,30-31H2,1-2H3,(H,35,41)(H,36,40)(H4,32,33,34)/t22?,23-,24?/m0/s1. The topological polar surface area (TPSA) is 234 Å². The molecule has 11 N–H and O–H groups in total. The van der Waals surface area contributed by atoms with Gasteiger partial charge in [-0.1, -0.05) is 35.5 Å². The van der Waals surface area contributed by atoms with E-state index in [2.05, 4.69) is 25.8 Å². The fourth-order valence-electron chi connectivity index (χ4n) is 4.56. The molecule has 3 rings (SSSR count). The Bertz CT molecular complexity index is 1330. The van der Waals surface area contributed by atoms with Gasteiger partial charge >= 0.3 is 0 Å². The molecule has 0 saturated carbocycles. The minimum atomic E-state index is -0.999. The minimum Gasteiger partial charge on any atom is -0.508 e. The largest absolute Gasteiger partial charge is 0.508 e. The number of benzene rings is 2. The fourth-order valence-corrected chi connectivity index (χ4v) is 4.56. The number of hydrogen-bond acceptors (Lipinski definition) is 9. The van der Waals surface area contributed by atoms with E-state index in [1.165, 1.54) is 0 Å². The Morgan fingerprint density at radius 2 is 1.74 bits per heavy atom. The molecule has 0 bridgehead atoms. The van der Waals surface area contributed by atoms with Crippen LogP contribution in [0.1, 0.15) is 59.3 Å². The van der Waals surface area contributed by atoms with Crippen LogP contribution in [0.25, 0.3) is 0 Å². The first kappa shape index (κ1) is 32.0. The summed E-state index contributed by atoms with van der Waals surface area (Å²) in [7, 11) is 0. The molecule has 1 heterocycles. The smallest absolute Gasteiger partial charge is 0.249 e. The van der Waals surface area contributed by atoms with Crippen LogP contribution in [0.2, 0.25) is 0 Å². The van der Waals surface area contributed by atoms with Gasteiger partial charge in [-0.15, -0.1) is 0 Å². The fraction of sp³-hybridized carbons (Fsp3) is 0.414. The van der Waals surface area contributed by atoms with E-state index in [0.29, 0.717) is 31.6 Å². The predicted molar refractivity (Wildman–Crippen MR) is 159 cm³/mol. The number of carbonyl (C=O) groups is 2. The Balaban J connectivity index is 1.82. The number of carbonyl (C=O) groups excluding carboxylic acids is 2. The quantitative estimate of drug-likeness (QED) is 0.0977. The van der Waals surface area contributed by atoms with Gasteiger partial charge < -0.3 is 43.2 Å². The highest BCUT2D eigenvalue weighted by Crippen LogP contribution is 2.23. The second-order valence-corrected chi connectivity index (χ2v) is 10.2. The second kappa shape index (κ2) is 15.5. The van der Waals surface area contributed by atoms with E-state index in [1.54, 1.807) is 12.1 Å². The maximum Gasteiger partial charge on any atom is 0.249 e. The van der Waals surface area contributed by atoms with E-state index in [-0.39, 0.29) is 37.0 Å². The molecule has 2 unspecified atom stereocenters. The van der Waals surface area contributed by atoms with Gasteiger partial charge in [0.25, 0.3) is 0 Å². The van der Waals surface area contributed by atoms with Gasteiger partial charge in [0, 0.05) is 19.4 Å². The van der Waals surface area contributed by atoms with Crippen molar-refractivity contribution >= 4 is 17.8 Å². The lowest BCUT2D eigenvalue weighted by molar-refractivity contribution is -0.130. The lowest BCUT2D eigenvalue weighted by Crippen LogP contribution is -2.53. The maximum atomic E-state index is 13.8. The number of guanidine groups is 1. The number of aromatic hydroxyl groups is 1. The molecule has 42 heavy (non-hydrogen) atoms. The van der Waals surface area contributed by atoms with Gasteiger partial charge in [0.15, 0.2) is 11.8 Å². The van der Waals surface area contributed by atoms with Gasteiger partial charge in [-0.25, -0.2) is 0 Å². The average Bonchev–Trinajstić information content (AvgIpc) is 3.40. The van der Waals surface area contributed by atoms with E-state index in [9.17, 15) is 14.7 Å². The van der Waals surface area contributed by atoms with Gasteiger partial charge in [-0.05, 0) is 74.0 Å². The predicted octanol–water partition coefficient (Wildman–Crippen LogP) is 0.597. The summed E-state index contributed by atoms with van der Waals surface area (Å²) in [4.78, 5) is 35.2. The number of rotatable bonds is 15. The molecule has 2 aromatic carbocycles. The first-order valence-electron chi connectivity index (χ1n) is 13.8. The molecule has 13 nitrogen and oxygen atoms in total. The number of hydrogen-bond donors (Lipinski definition) is 7. The van der Waals surface area contributed by atoms with E-state index in [4.69, 9.17) is 27.5 Å². The normalized spacial score (nSPS) is 13.1. The van der Waals surface area contributed by atoms with Crippen molar-refractivity contribution in [3.05, 3.63) is 76.4 Å². The second-order valence-electron chi connectivity index (χ2n) is 10.2. The number of aryl methyl sites for hydroxylation is 2. The van der Waals surface area contributed by atoms with Crippen molar-refractivity contribution in [3.8, 4) is 5.75 Å². The van der Waals surface area contributed by atoms with Crippen molar-refractivity contribution in [2.24, 2.45) is 27.9 Å². The average molecular weight is 580 g/mol. The van der Waals surface area contributed by atoms with Crippen LogP contribution in [0.5, 0.6) is 5.75 Å². The molecular weight excluding hydrogens is 538 g/mol. The Hall–Kier alpha value is -4.49. The summed E-state index contributed by atoms with van der Waals surface area (Å²) in [5.41, 5.74) is 25.9. The number of aliphatic imine (C=N–C) groups is 1. The summed E-state index contributed by atoms with van der Waals surface area (Å²) in [6, 6.07) is 10.4. The number of nitrogens with one attached hydrogen (secondary N) is 2. The third kappa shape index (κ3) is 9.56. The minimum absolute atomic E-state index is 0.102. The van der Waals surface area contributed by atoms with Crippen molar-refractivity contribution in [1.29, 1.82) is 0 Å². The number of nitrogens with two attached hydrogens (primary N) is 4.